The van der Waals surface area contributed by atoms with Crippen molar-refractivity contribution < 1.29 is 9.47 Å². The third-order valence-corrected chi connectivity index (χ3v) is 4.39. The molecule has 0 aliphatic carbocycles. The zero-order valence-corrected chi connectivity index (χ0v) is 12.7. The van der Waals surface area contributed by atoms with Crippen LogP contribution in [0.5, 0.6) is 11.5 Å². The second-order valence-electron chi connectivity index (χ2n) is 3.79. The van der Waals surface area contributed by atoms with Gasteiger partial charge in [-0.1, -0.05) is 0 Å². The first-order valence-corrected chi connectivity index (χ1v) is 7.15. The van der Waals surface area contributed by atoms with Crippen LogP contribution in [0.3, 0.4) is 0 Å². The molecule has 0 saturated heterocycles. The predicted molar refractivity (Wildman–Crippen MR) is 80.4 cm³/mol. The highest BCUT2D eigenvalue weighted by molar-refractivity contribution is 9.10. The van der Waals surface area contributed by atoms with E-state index < -0.39 is 0 Å². The summed E-state index contributed by atoms with van der Waals surface area (Å²) in [4.78, 5) is 1.10. The summed E-state index contributed by atoms with van der Waals surface area (Å²) in [5.41, 5.74) is 6.07. The zero-order valence-electron chi connectivity index (χ0n) is 10.3. The van der Waals surface area contributed by atoms with Crippen LogP contribution in [0.2, 0.25) is 0 Å². The smallest absolute Gasteiger partial charge is 0.124 e. The first-order valence-electron chi connectivity index (χ1n) is 5.48. The van der Waals surface area contributed by atoms with Gasteiger partial charge in [-0.05, 0) is 39.5 Å². The van der Waals surface area contributed by atoms with Gasteiger partial charge in [-0.2, -0.15) is 0 Å². The summed E-state index contributed by atoms with van der Waals surface area (Å²) in [6.45, 7) is 0.461. The molecular formula is C13H13BrN2O2S. The molecule has 0 atom stereocenters. The Morgan fingerprint density at radius 3 is 2.68 bits per heavy atom. The molecule has 6 heteroatoms. The molecule has 0 fully saturated rings. The number of benzene rings is 1. The van der Waals surface area contributed by atoms with Gasteiger partial charge in [0.25, 0.3) is 0 Å². The number of ether oxygens (including phenoxy) is 2. The van der Waals surface area contributed by atoms with Gasteiger partial charge < -0.3 is 15.2 Å². The minimum atomic E-state index is -0.0129. The highest BCUT2D eigenvalue weighted by Gasteiger charge is 2.07. The summed E-state index contributed by atoms with van der Waals surface area (Å²) >= 11 is 5.08. The second-order valence-corrected chi connectivity index (χ2v) is 5.65. The number of amidine groups is 1. The van der Waals surface area contributed by atoms with E-state index in [1.165, 1.54) is 0 Å². The van der Waals surface area contributed by atoms with Gasteiger partial charge in [-0.15, -0.1) is 11.3 Å². The van der Waals surface area contributed by atoms with Gasteiger partial charge in [0.2, 0.25) is 0 Å². The zero-order chi connectivity index (χ0) is 13.8. The van der Waals surface area contributed by atoms with Gasteiger partial charge in [0.15, 0.2) is 0 Å². The Labute approximate surface area is 123 Å². The number of rotatable bonds is 5. The van der Waals surface area contributed by atoms with Crippen molar-refractivity contribution in [3.05, 3.63) is 44.6 Å². The average molecular weight is 341 g/mol. The van der Waals surface area contributed by atoms with Crippen LogP contribution < -0.4 is 15.2 Å². The molecule has 2 rings (SSSR count). The predicted octanol–water partition coefficient (Wildman–Crippen LogP) is 3.38. The summed E-state index contributed by atoms with van der Waals surface area (Å²) < 4.78 is 11.9. The molecule has 0 amide bonds. The van der Waals surface area contributed by atoms with Crippen LogP contribution >= 0.6 is 27.3 Å². The summed E-state index contributed by atoms with van der Waals surface area (Å²) in [7, 11) is 1.57. The molecule has 0 aliphatic heterocycles. The largest absolute Gasteiger partial charge is 0.497 e. The maximum Gasteiger partial charge on any atom is 0.124 e. The van der Waals surface area contributed by atoms with E-state index in [4.69, 9.17) is 20.6 Å². The van der Waals surface area contributed by atoms with Crippen LogP contribution in [-0.4, -0.2) is 12.9 Å². The first-order chi connectivity index (χ1) is 9.10. The Kier molecular flexibility index (Phi) is 4.44. The molecule has 19 heavy (non-hydrogen) atoms. The normalized spacial score (nSPS) is 10.2. The van der Waals surface area contributed by atoms with Crippen molar-refractivity contribution in [3.8, 4) is 11.5 Å². The van der Waals surface area contributed by atoms with Gasteiger partial charge in [-0.25, -0.2) is 0 Å². The van der Waals surface area contributed by atoms with E-state index in [0.29, 0.717) is 23.7 Å². The maximum absolute atomic E-state index is 7.47. The van der Waals surface area contributed by atoms with E-state index in [-0.39, 0.29) is 5.84 Å². The van der Waals surface area contributed by atoms with Crippen LogP contribution in [0.1, 0.15) is 10.4 Å². The van der Waals surface area contributed by atoms with E-state index >= 15 is 0 Å². The number of thiophene rings is 1. The second kappa shape index (κ2) is 6.08. The number of hydrogen-bond acceptors (Lipinski definition) is 4. The Morgan fingerprint density at radius 1 is 1.37 bits per heavy atom. The number of halogens is 1. The highest BCUT2D eigenvalue weighted by atomic mass is 79.9. The lowest BCUT2D eigenvalue weighted by Gasteiger charge is -2.09. The number of nitrogens with one attached hydrogen (secondary N) is 1. The number of hydrogen-bond donors (Lipinski definition) is 2. The highest BCUT2D eigenvalue weighted by Crippen LogP contribution is 2.27. The fraction of sp³-hybridized carbons (Fsp3) is 0.154. The monoisotopic (exact) mass is 340 g/mol. The molecular weight excluding hydrogens is 328 g/mol. The van der Waals surface area contributed by atoms with Crippen molar-refractivity contribution in [1.29, 1.82) is 5.41 Å². The van der Waals surface area contributed by atoms with Crippen molar-refractivity contribution in [3.63, 3.8) is 0 Å². The molecule has 0 unspecified atom stereocenters. The molecule has 2 aromatic rings. The van der Waals surface area contributed by atoms with Gasteiger partial charge in [-0.3, -0.25) is 5.41 Å². The van der Waals surface area contributed by atoms with Crippen LogP contribution in [0.25, 0.3) is 0 Å². The fourth-order valence-electron chi connectivity index (χ4n) is 1.51. The topological polar surface area (TPSA) is 68.3 Å². The molecule has 100 valence electrons. The van der Waals surface area contributed by atoms with Crippen molar-refractivity contribution in [1.82, 2.24) is 0 Å². The lowest BCUT2D eigenvalue weighted by Crippen LogP contribution is -2.11. The van der Waals surface area contributed by atoms with Crippen molar-refractivity contribution in [2.45, 2.75) is 6.61 Å². The summed E-state index contributed by atoms with van der Waals surface area (Å²) in [6, 6.07) is 7.19. The quantitative estimate of drug-likeness (QED) is 0.647. The SMILES string of the molecule is COc1cc(OCc2sccc2Br)cc(C(=N)N)c1. The Bertz CT molecular complexity index is 598. The minimum absolute atomic E-state index is 0.0129. The molecule has 1 aromatic heterocycles. The first kappa shape index (κ1) is 13.9. The fourth-order valence-corrected chi connectivity index (χ4v) is 2.88. The van der Waals surface area contributed by atoms with Crippen molar-refractivity contribution in [2.24, 2.45) is 5.73 Å². The molecule has 0 bridgehead atoms. The molecule has 0 saturated carbocycles. The maximum atomic E-state index is 7.47. The minimum Gasteiger partial charge on any atom is -0.497 e. The van der Waals surface area contributed by atoms with Crippen LogP contribution in [-0.2, 0) is 6.61 Å². The van der Waals surface area contributed by atoms with Gasteiger partial charge in [0.1, 0.15) is 23.9 Å². The van der Waals surface area contributed by atoms with Crippen LogP contribution in [0.15, 0.2) is 34.1 Å². The molecule has 1 heterocycles. The lowest BCUT2D eigenvalue weighted by atomic mass is 10.2. The third kappa shape index (κ3) is 3.48. The van der Waals surface area contributed by atoms with E-state index in [0.717, 1.165) is 9.35 Å². The van der Waals surface area contributed by atoms with Crippen LogP contribution in [0, 0.1) is 5.41 Å². The van der Waals surface area contributed by atoms with E-state index in [9.17, 15) is 0 Å². The Balaban J connectivity index is 2.17. The summed E-state index contributed by atoms with van der Waals surface area (Å²) in [5.74, 6) is 1.24. The number of nitrogen functional groups attached to an aromatic ring is 1. The molecule has 0 spiro atoms. The molecule has 0 radical (unpaired) electrons. The van der Waals surface area contributed by atoms with E-state index in [1.807, 2.05) is 11.4 Å². The van der Waals surface area contributed by atoms with Gasteiger partial charge in [0.05, 0.1) is 12.0 Å². The molecule has 1 aromatic carbocycles. The summed E-state index contributed by atoms with van der Waals surface area (Å²) in [6.07, 6.45) is 0. The van der Waals surface area contributed by atoms with Crippen molar-refractivity contribution in [2.75, 3.05) is 7.11 Å². The van der Waals surface area contributed by atoms with E-state index in [2.05, 4.69) is 15.9 Å². The Morgan fingerprint density at radius 2 is 2.11 bits per heavy atom. The van der Waals surface area contributed by atoms with Crippen LogP contribution in [0.4, 0.5) is 0 Å². The number of methoxy groups -OCH3 is 1. The third-order valence-electron chi connectivity index (χ3n) is 2.49. The average Bonchev–Trinajstić information content (AvgIpc) is 2.81. The standard InChI is InChI=1S/C13H13BrN2O2S/c1-17-9-4-8(13(15)16)5-10(6-9)18-7-12-11(14)2-3-19-12/h2-6H,7H2,1H3,(H3,15,16). The summed E-state index contributed by atoms with van der Waals surface area (Å²) in [5, 5.41) is 9.47. The molecule has 0 aliphatic rings. The van der Waals surface area contributed by atoms with Gasteiger partial charge in [0, 0.05) is 16.1 Å². The lowest BCUT2D eigenvalue weighted by molar-refractivity contribution is 0.306. The molecule has 3 N–H and O–H groups in total. The number of nitrogens with two attached hydrogens (primary N) is 1. The Hall–Kier alpha value is -1.53. The van der Waals surface area contributed by atoms with Crippen molar-refractivity contribution >= 4 is 33.1 Å². The molecule has 4 nitrogen and oxygen atoms in total. The van der Waals surface area contributed by atoms with E-state index in [1.54, 1.807) is 36.6 Å². The van der Waals surface area contributed by atoms with Gasteiger partial charge >= 0.3 is 0 Å².